The van der Waals surface area contributed by atoms with Crippen molar-refractivity contribution in [3.8, 4) is 12.3 Å². The lowest BCUT2D eigenvalue weighted by molar-refractivity contribution is -0.122. The van der Waals surface area contributed by atoms with Gasteiger partial charge >= 0.3 is 0 Å². The van der Waals surface area contributed by atoms with Crippen molar-refractivity contribution in [3.05, 3.63) is 0 Å². The highest BCUT2D eigenvalue weighted by molar-refractivity contribution is 5.78. The number of amides is 1. The third-order valence-electron chi connectivity index (χ3n) is 2.58. The van der Waals surface area contributed by atoms with E-state index in [-0.39, 0.29) is 19.1 Å². The van der Waals surface area contributed by atoms with Gasteiger partial charge in [-0.3, -0.25) is 9.69 Å². The minimum atomic E-state index is -0.0849. The lowest BCUT2D eigenvalue weighted by atomic mass is 10.1. The Hall–Kier alpha value is -1.05. The standard InChI is InChI=1S/C12H22N2O2/c1-4-7-13-12(16)10-14(8-9-15)11(5-2)6-3/h1,11,15H,5-10H2,2-3H3,(H,13,16). The number of aliphatic hydroxyl groups is 1. The van der Waals surface area contributed by atoms with E-state index >= 15 is 0 Å². The Morgan fingerprint density at radius 2 is 2.12 bits per heavy atom. The molecule has 0 atom stereocenters. The van der Waals surface area contributed by atoms with Gasteiger partial charge in [-0.15, -0.1) is 6.42 Å². The van der Waals surface area contributed by atoms with Crippen molar-refractivity contribution < 1.29 is 9.90 Å². The van der Waals surface area contributed by atoms with Crippen LogP contribution in [0.25, 0.3) is 0 Å². The molecule has 0 bridgehead atoms. The van der Waals surface area contributed by atoms with Crippen LogP contribution in [0.3, 0.4) is 0 Å². The Bertz CT molecular complexity index is 232. The second-order valence-electron chi connectivity index (χ2n) is 3.65. The van der Waals surface area contributed by atoms with E-state index in [0.29, 0.717) is 19.1 Å². The summed E-state index contributed by atoms with van der Waals surface area (Å²) in [6.45, 7) is 5.31. The first kappa shape index (κ1) is 14.9. The van der Waals surface area contributed by atoms with Crippen LogP contribution in [0.5, 0.6) is 0 Å². The van der Waals surface area contributed by atoms with Crippen LogP contribution in [0.15, 0.2) is 0 Å². The molecular formula is C12H22N2O2. The van der Waals surface area contributed by atoms with Crippen LogP contribution < -0.4 is 5.32 Å². The van der Waals surface area contributed by atoms with Gasteiger partial charge in [0.25, 0.3) is 0 Å². The quantitative estimate of drug-likeness (QED) is 0.582. The summed E-state index contributed by atoms with van der Waals surface area (Å²) >= 11 is 0. The number of hydrogen-bond acceptors (Lipinski definition) is 3. The van der Waals surface area contributed by atoms with E-state index in [9.17, 15) is 4.79 Å². The van der Waals surface area contributed by atoms with Crippen molar-refractivity contribution in [2.75, 3.05) is 26.2 Å². The summed E-state index contributed by atoms with van der Waals surface area (Å²) in [5.74, 6) is 2.28. The van der Waals surface area contributed by atoms with Gasteiger partial charge in [-0.1, -0.05) is 19.8 Å². The van der Waals surface area contributed by atoms with Gasteiger partial charge in [-0.2, -0.15) is 0 Å². The maximum Gasteiger partial charge on any atom is 0.234 e. The molecule has 0 aromatic rings. The lowest BCUT2D eigenvalue weighted by Crippen LogP contribution is -2.44. The zero-order valence-electron chi connectivity index (χ0n) is 10.2. The third kappa shape index (κ3) is 5.74. The fraction of sp³-hybridized carbons (Fsp3) is 0.750. The topological polar surface area (TPSA) is 52.6 Å². The molecule has 0 aromatic heterocycles. The lowest BCUT2D eigenvalue weighted by Gasteiger charge is -2.28. The molecule has 0 aliphatic heterocycles. The van der Waals surface area contributed by atoms with E-state index in [1.807, 2.05) is 4.90 Å². The van der Waals surface area contributed by atoms with Gasteiger partial charge in [-0.05, 0) is 12.8 Å². The number of nitrogens with one attached hydrogen (secondary N) is 1. The second-order valence-corrected chi connectivity index (χ2v) is 3.65. The highest BCUT2D eigenvalue weighted by Gasteiger charge is 2.17. The smallest absolute Gasteiger partial charge is 0.234 e. The number of nitrogens with zero attached hydrogens (tertiary/aromatic N) is 1. The highest BCUT2D eigenvalue weighted by atomic mass is 16.3. The van der Waals surface area contributed by atoms with Crippen molar-refractivity contribution in [2.45, 2.75) is 32.7 Å². The van der Waals surface area contributed by atoms with Gasteiger partial charge in [0.15, 0.2) is 0 Å². The average Bonchev–Trinajstić information content (AvgIpc) is 2.28. The molecule has 0 heterocycles. The van der Waals surface area contributed by atoms with Gasteiger partial charge in [0, 0.05) is 12.6 Å². The Kier molecular flexibility index (Phi) is 8.59. The largest absolute Gasteiger partial charge is 0.395 e. The first-order valence-corrected chi connectivity index (χ1v) is 5.74. The molecule has 1 amide bonds. The number of aliphatic hydroxyl groups excluding tert-OH is 1. The monoisotopic (exact) mass is 226 g/mol. The summed E-state index contributed by atoms with van der Waals surface area (Å²) in [5.41, 5.74) is 0. The van der Waals surface area contributed by atoms with Crippen LogP contribution in [0, 0.1) is 12.3 Å². The Labute approximate surface area is 98.0 Å². The Morgan fingerprint density at radius 1 is 1.50 bits per heavy atom. The summed E-state index contributed by atoms with van der Waals surface area (Å²) in [5, 5.41) is 11.6. The van der Waals surface area contributed by atoms with E-state index in [2.05, 4.69) is 25.1 Å². The number of terminal acetylenes is 1. The van der Waals surface area contributed by atoms with Crippen molar-refractivity contribution in [3.63, 3.8) is 0 Å². The molecule has 0 aromatic carbocycles. The Morgan fingerprint density at radius 3 is 2.56 bits per heavy atom. The molecule has 0 unspecified atom stereocenters. The zero-order chi connectivity index (χ0) is 12.4. The maximum atomic E-state index is 11.5. The normalized spacial score (nSPS) is 10.5. The minimum absolute atomic E-state index is 0.0684. The number of rotatable bonds is 8. The van der Waals surface area contributed by atoms with E-state index in [4.69, 9.17) is 11.5 Å². The van der Waals surface area contributed by atoms with Crippen LogP contribution >= 0.6 is 0 Å². The molecule has 4 nitrogen and oxygen atoms in total. The van der Waals surface area contributed by atoms with Crippen LogP contribution in [0.4, 0.5) is 0 Å². The first-order chi connectivity index (χ1) is 7.69. The molecule has 0 spiro atoms. The molecule has 0 saturated carbocycles. The van der Waals surface area contributed by atoms with E-state index < -0.39 is 0 Å². The fourth-order valence-electron chi connectivity index (χ4n) is 1.71. The molecule has 0 aliphatic carbocycles. The average molecular weight is 226 g/mol. The molecular weight excluding hydrogens is 204 g/mol. The molecule has 92 valence electrons. The van der Waals surface area contributed by atoms with Crippen molar-refractivity contribution in [1.82, 2.24) is 10.2 Å². The Balaban J connectivity index is 4.21. The first-order valence-electron chi connectivity index (χ1n) is 5.74. The molecule has 0 radical (unpaired) electrons. The van der Waals surface area contributed by atoms with Gasteiger partial charge in [-0.25, -0.2) is 0 Å². The summed E-state index contributed by atoms with van der Waals surface area (Å²) in [7, 11) is 0. The van der Waals surface area contributed by atoms with Gasteiger partial charge in [0.1, 0.15) is 0 Å². The number of carbonyl (C=O) groups is 1. The van der Waals surface area contributed by atoms with E-state index in [1.54, 1.807) is 0 Å². The molecule has 16 heavy (non-hydrogen) atoms. The SMILES string of the molecule is C#CCNC(=O)CN(CCO)C(CC)CC. The van der Waals surface area contributed by atoms with E-state index in [0.717, 1.165) is 12.8 Å². The van der Waals surface area contributed by atoms with Crippen LogP contribution in [-0.4, -0.2) is 48.2 Å². The minimum Gasteiger partial charge on any atom is -0.395 e. The summed E-state index contributed by atoms with van der Waals surface area (Å²) < 4.78 is 0. The molecule has 2 N–H and O–H groups in total. The molecule has 0 saturated heterocycles. The summed E-state index contributed by atoms with van der Waals surface area (Å²) in [6, 6.07) is 0.337. The van der Waals surface area contributed by atoms with Crippen LogP contribution in [-0.2, 0) is 4.79 Å². The summed E-state index contributed by atoms with van der Waals surface area (Å²) in [4.78, 5) is 13.5. The van der Waals surface area contributed by atoms with Crippen LogP contribution in [0.2, 0.25) is 0 Å². The molecule has 0 fully saturated rings. The van der Waals surface area contributed by atoms with E-state index in [1.165, 1.54) is 0 Å². The maximum absolute atomic E-state index is 11.5. The molecule has 4 heteroatoms. The van der Waals surface area contributed by atoms with Crippen molar-refractivity contribution in [1.29, 1.82) is 0 Å². The fourth-order valence-corrected chi connectivity index (χ4v) is 1.71. The van der Waals surface area contributed by atoms with Crippen LogP contribution in [0.1, 0.15) is 26.7 Å². The zero-order valence-corrected chi connectivity index (χ0v) is 10.2. The van der Waals surface area contributed by atoms with Gasteiger partial charge in [0.05, 0.1) is 19.7 Å². The number of hydrogen-bond donors (Lipinski definition) is 2. The van der Waals surface area contributed by atoms with Gasteiger partial charge < -0.3 is 10.4 Å². The predicted molar refractivity (Wildman–Crippen MR) is 64.9 cm³/mol. The highest BCUT2D eigenvalue weighted by Crippen LogP contribution is 2.07. The predicted octanol–water partition coefficient (Wildman–Crippen LogP) is 0.219. The van der Waals surface area contributed by atoms with Crippen molar-refractivity contribution in [2.24, 2.45) is 0 Å². The molecule has 0 rings (SSSR count). The second kappa shape index (κ2) is 9.20. The third-order valence-corrected chi connectivity index (χ3v) is 2.58. The van der Waals surface area contributed by atoms with Crippen molar-refractivity contribution >= 4 is 5.91 Å². The molecule has 0 aliphatic rings. The summed E-state index contributed by atoms with van der Waals surface area (Å²) in [6.07, 6.45) is 7.00. The number of carbonyl (C=O) groups excluding carboxylic acids is 1. The van der Waals surface area contributed by atoms with Gasteiger partial charge in [0.2, 0.25) is 5.91 Å².